The second-order valence-corrected chi connectivity index (χ2v) is 6.02. The lowest BCUT2D eigenvalue weighted by atomic mass is 9.78. The number of rotatable bonds is 1. The highest BCUT2D eigenvalue weighted by Gasteiger charge is 2.46. The van der Waals surface area contributed by atoms with Gasteiger partial charge in [-0.05, 0) is 34.1 Å². The minimum Gasteiger partial charge on any atom is -0.481 e. The number of carbonyl (C=O) groups is 2. The average molecular weight is 258 g/mol. The highest BCUT2D eigenvalue weighted by molar-refractivity contribution is 5.77. The van der Waals surface area contributed by atoms with Gasteiger partial charge in [-0.3, -0.25) is 4.79 Å². The smallest absolute Gasteiger partial charge is 0.410 e. The first-order chi connectivity index (χ1) is 8.06. The van der Waals surface area contributed by atoms with Crippen molar-refractivity contribution in [2.24, 2.45) is 11.1 Å². The number of carboxylic acid groups (broad SMARTS) is 1. The molecule has 0 aromatic heterocycles. The van der Waals surface area contributed by atoms with Gasteiger partial charge in [0.1, 0.15) is 5.60 Å². The van der Waals surface area contributed by atoms with E-state index >= 15 is 0 Å². The summed E-state index contributed by atoms with van der Waals surface area (Å²) in [5.74, 6) is -0.983. The number of aliphatic carboxylic acids is 1. The number of carboxylic acids is 1. The molecule has 6 heteroatoms. The van der Waals surface area contributed by atoms with Crippen molar-refractivity contribution in [3.63, 3.8) is 0 Å². The zero-order chi connectivity index (χ0) is 14.1. The van der Waals surface area contributed by atoms with Crippen molar-refractivity contribution in [3.8, 4) is 0 Å². The molecule has 0 aromatic carbocycles. The number of nitrogens with two attached hydrogens (primary N) is 1. The van der Waals surface area contributed by atoms with E-state index in [0.29, 0.717) is 13.0 Å². The van der Waals surface area contributed by atoms with E-state index in [4.69, 9.17) is 10.5 Å². The summed E-state index contributed by atoms with van der Waals surface area (Å²) >= 11 is 0. The van der Waals surface area contributed by atoms with Crippen LogP contribution in [0.2, 0.25) is 0 Å². The van der Waals surface area contributed by atoms with Gasteiger partial charge in [-0.2, -0.15) is 0 Å². The minimum atomic E-state index is -1.12. The Morgan fingerprint density at radius 3 is 2.44 bits per heavy atom. The van der Waals surface area contributed by atoms with Gasteiger partial charge >= 0.3 is 12.1 Å². The molecule has 0 bridgehead atoms. The van der Waals surface area contributed by atoms with Crippen molar-refractivity contribution < 1.29 is 19.4 Å². The summed E-state index contributed by atoms with van der Waals surface area (Å²) in [6.45, 7) is 7.40. The lowest BCUT2D eigenvalue weighted by molar-refractivity contribution is -0.152. The van der Waals surface area contributed by atoms with Crippen molar-refractivity contribution in [3.05, 3.63) is 0 Å². The molecule has 104 valence electrons. The van der Waals surface area contributed by atoms with Gasteiger partial charge in [-0.1, -0.05) is 0 Å². The summed E-state index contributed by atoms with van der Waals surface area (Å²) in [5.41, 5.74) is 4.14. The van der Waals surface area contributed by atoms with Crippen molar-refractivity contribution in [2.75, 3.05) is 13.1 Å². The molecule has 1 amide bonds. The van der Waals surface area contributed by atoms with Gasteiger partial charge in [-0.25, -0.2) is 4.79 Å². The van der Waals surface area contributed by atoms with E-state index in [1.807, 2.05) is 0 Å². The molecule has 18 heavy (non-hydrogen) atoms. The molecule has 6 nitrogen and oxygen atoms in total. The molecule has 1 aliphatic rings. The number of piperidine rings is 1. The molecule has 0 aliphatic carbocycles. The Labute approximate surface area is 107 Å². The van der Waals surface area contributed by atoms with Crippen LogP contribution in [0.1, 0.15) is 34.1 Å². The molecule has 1 aliphatic heterocycles. The lowest BCUT2D eigenvalue weighted by Crippen LogP contribution is -2.59. The summed E-state index contributed by atoms with van der Waals surface area (Å²) in [5, 5.41) is 9.24. The highest BCUT2D eigenvalue weighted by Crippen LogP contribution is 2.29. The average Bonchev–Trinajstić information content (AvgIpc) is 2.19. The zero-order valence-corrected chi connectivity index (χ0v) is 11.4. The zero-order valence-electron chi connectivity index (χ0n) is 11.4. The maximum absolute atomic E-state index is 11.9. The molecule has 1 saturated heterocycles. The van der Waals surface area contributed by atoms with Crippen LogP contribution in [0.5, 0.6) is 0 Å². The van der Waals surface area contributed by atoms with Crippen LogP contribution in [0.4, 0.5) is 4.79 Å². The van der Waals surface area contributed by atoms with E-state index in [1.165, 1.54) is 4.90 Å². The van der Waals surface area contributed by atoms with Crippen molar-refractivity contribution >= 4 is 12.1 Å². The molecule has 1 heterocycles. The van der Waals surface area contributed by atoms with Crippen LogP contribution >= 0.6 is 0 Å². The Bertz CT molecular complexity index is 350. The molecule has 1 fully saturated rings. The van der Waals surface area contributed by atoms with E-state index in [0.717, 1.165) is 0 Å². The van der Waals surface area contributed by atoms with Crippen LogP contribution < -0.4 is 5.73 Å². The second-order valence-electron chi connectivity index (χ2n) is 6.02. The maximum atomic E-state index is 11.9. The van der Waals surface area contributed by atoms with Gasteiger partial charge in [0.05, 0.1) is 5.41 Å². The Kier molecular flexibility index (Phi) is 3.90. The predicted molar refractivity (Wildman–Crippen MR) is 66.1 cm³/mol. The van der Waals surface area contributed by atoms with Crippen LogP contribution in [0.15, 0.2) is 0 Å². The summed E-state index contributed by atoms with van der Waals surface area (Å²) in [6, 6.07) is -0.450. The van der Waals surface area contributed by atoms with Crippen LogP contribution in [0, 0.1) is 5.41 Å². The summed E-state index contributed by atoms with van der Waals surface area (Å²) in [6.07, 6.45) is -0.0240. The topological polar surface area (TPSA) is 92.9 Å². The summed E-state index contributed by atoms with van der Waals surface area (Å²) < 4.78 is 5.24. The largest absolute Gasteiger partial charge is 0.481 e. The Morgan fingerprint density at radius 2 is 2.00 bits per heavy atom. The molecular weight excluding hydrogens is 236 g/mol. The molecular formula is C12H22N2O4. The minimum absolute atomic E-state index is 0.0818. The molecule has 0 spiro atoms. The fourth-order valence-electron chi connectivity index (χ4n) is 1.91. The van der Waals surface area contributed by atoms with Gasteiger partial charge in [0.25, 0.3) is 0 Å². The highest BCUT2D eigenvalue weighted by atomic mass is 16.6. The third-order valence-electron chi connectivity index (χ3n) is 3.19. The number of nitrogens with zero attached hydrogens (tertiary/aromatic N) is 1. The van der Waals surface area contributed by atoms with Crippen molar-refractivity contribution in [1.82, 2.24) is 4.90 Å². The van der Waals surface area contributed by atoms with Gasteiger partial charge < -0.3 is 20.5 Å². The van der Waals surface area contributed by atoms with Crippen LogP contribution in [-0.4, -0.2) is 46.8 Å². The molecule has 0 radical (unpaired) electrons. The molecule has 1 rings (SSSR count). The number of likely N-dealkylation sites (tertiary alicyclic amines) is 1. The van der Waals surface area contributed by atoms with E-state index in [1.54, 1.807) is 27.7 Å². The first-order valence-corrected chi connectivity index (χ1v) is 6.03. The van der Waals surface area contributed by atoms with E-state index in [-0.39, 0.29) is 6.54 Å². The fourth-order valence-corrected chi connectivity index (χ4v) is 1.91. The van der Waals surface area contributed by atoms with E-state index < -0.39 is 29.1 Å². The van der Waals surface area contributed by atoms with Gasteiger partial charge in [0.2, 0.25) is 0 Å². The molecule has 2 unspecified atom stereocenters. The van der Waals surface area contributed by atoms with Crippen molar-refractivity contribution in [1.29, 1.82) is 0 Å². The Hall–Kier alpha value is -1.30. The fraction of sp³-hybridized carbons (Fsp3) is 0.833. The first kappa shape index (κ1) is 14.8. The standard InChI is InChI=1S/C12H22N2O4/c1-11(2,3)18-10(17)14-6-5-8(13)12(4,7-14)9(15)16/h8H,5-7,13H2,1-4H3,(H,15,16). The molecule has 2 atom stereocenters. The number of hydrogen-bond donors (Lipinski definition) is 2. The number of carbonyl (C=O) groups excluding carboxylic acids is 1. The monoisotopic (exact) mass is 258 g/mol. The Morgan fingerprint density at radius 1 is 1.44 bits per heavy atom. The summed E-state index contributed by atoms with van der Waals surface area (Å²) in [7, 11) is 0. The van der Waals surface area contributed by atoms with Gasteiger partial charge in [0, 0.05) is 19.1 Å². The van der Waals surface area contributed by atoms with Crippen LogP contribution in [-0.2, 0) is 9.53 Å². The van der Waals surface area contributed by atoms with Crippen molar-refractivity contribution in [2.45, 2.75) is 45.8 Å². The third-order valence-corrected chi connectivity index (χ3v) is 3.19. The number of ether oxygens (including phenoxy) is 1. The molecule has 0 aromatic rings. The first-order valence-electron chi connectivity index (χ1n) is 6.03. The quantitative estimate of drug-likeness (QED) is 0.733. The van der Waals surface area contributed by atoms with Gasteiger partial charge in [-0.15, -0.1) is 0 Å². The van der Waals surface area contributed by atoms with Gasteiger partial charge in [0.15, 0.2) is 0 Å². The maximum Gasteiger partial charge on any atom is 0.410 e. The number of amides is 1. The number of hydrogen-bond acceptors (Lipinski definition) is 4. The third kappa shape index (κ3) is 3.13. The van der Waals surface area contributed by atoms with E-state index in [2.05, 4.69) is 0 Å². The predicted octanol–water partition coefficient (Wildman–Crippen LogP) is 1.05. The Balaban J connectivity index is 2.77. The lowest BCUT2D eigenvalue weighted by Gasteiger charge is -2.41. The van der Waals surface area contributed by atoms with Crippen LogP contribution in [0.3, 0.4) is 0 Å². The normalized spacial score (nSPS) is 28.9. The SMILES string of the molecule is CC(C)(C)OC(=O)N1CCC(N)C(C)(C(=O)O)C1. The van der Waals surface area contributed by atoms with E-state index in [9.17, 15) is 14.7 Å². The molecule has 0 saturated carbocycles. The second kappa shape index (κ2) is 4.76. The van der Waals surface area contributed by atoms with Crippen LogP contribution in [0.25, 0.3) is 0 Å². The summed E-state index contributed by atoms with van der Waals surface area (Å²) in [4.78, 5) is 24.6. The molecule has 3 N–H and O–H groups in total.